The molecule has 1 N–H and O–H groups in total. The molecule has 19 heavy (non-hydrogen) atoms. The summed E-state index contributed by atoms with van der Waals surface area (Å²) in [7, 11) is 0. The summed E-state index contributed by atoms with van der Waals surface area (Å²) in [4.78, 5) is 12.0. The minimum atomic E-state index is -0.0429. The van der Waals surface area contributed by atoms with Gasteiger partial charge in [-0.15, -0.1) is 11.6 Å². The molecule has 0 radical (unpaired) electrons. The lowest BCUT2D eigenvalue weighted by atomic mass is 10.1. The van der Waals surface area contributed by atoms with Crippen molar-refractivity contribution in [2.75, 3.05) is 5.32 Å². The van der Waals surface area contributed by atoms with Crippen LogP contribution in [0.25, 0.3) is 0 Å². The fourth-order valence-electron chi connectivity index (χ4n) is 1.75. The van der Waals surface area contributed by atoms with Crippen LogP contribution >= 0.6 is 27.5 Å². The number of anilines is 1. The highest BCUT2D eigenvalue weighted by molar-refractivity contribution is 9.10. The van der Waals surface area contributed by atoms with Gasteiger partial charge >= 0.3 is 0 Å². The predicted molar refractivity (Wildman–Crippen MR) is 82.5 cm³/mol. The normalized spacial score (nSPS) is 10.2. The van der Waals surface area contributed by atoms with Crippen molar-refractivity contribution in [2.24, 2.45) is 0 Å². The number of amides is 1. The lowest BCUT2D eigenvalue weighted by Crippen LogP contribution is -2.14. The van der Waals surface area contributed by atoms with E-state index in [9.17, 15) is 4.79 Å². The second-order valence-corrected chi connectivity index (χ2v) is 5.27. The maximum Gasteiger partial charge on any atom is 0.228 e. The SMILES string of the molecule is O=C(Cc1ccccc1Br)Nc1cccc(CCl)c1. The predicted octanol–water partition coefficient (Wildman–Crippen LogP) is 4.37. The van der Waals surface area contributed by atoms with Crippen LogP contribution in [0.1, 0.15) is 11.1 Å². The van der Waals surface area contributed by atoms with Gasteiger partial charge in [-0.3, -0.25) is 4.79 Å². The van der Waals surface area contributed by atoms with Gasteiger partial charge in [-0.1, -0.05) is 46.3 Å². The zero-order valence-electron chi connectivity index (χ0n) is 10.2. The first-order chi connectivity index (χ1) is 9.19. The summed E-state index contributed by atoms with van der Waals surface area (Å²) in [5.74, 6) is 0.395. The average molecular weight is 339 g/mol. The second-order valence-electron chi connectivity index (χ2n) is 4.15. The summed E-state index contributed by atoms with van der Waals surface area (Å²) >= 11 is 9.20. The third-order valence-electron chi connectivity index (χ3n) is 2.67. The van der Waals surface area contributed by atoms with E-state index in [1.807, 2.05) is 48.5 Å². The van der Waals surface area contributed by atoms with Gasteiger partial charge < -0.3 is 5.32 Å². The van der Waals surface area contributed by atoms with E-state index in [0.29, 0.717) is 12.3 Å². The summed E-state index contributed by atoms with van der Waals surface area (Å²) < 4.78 is 0.944. The minimum Gasteiger partial charge on any atom is -0.326 e. The number of hydrogen-bond donors (Lipinski definition) is 1. The van der Waals surface area contributed by atoms with Crippen LogP contribution in [0.3, 0.4) is 0 Å². The van der Waals surface area contributed by atoms with E-state index in [1.165, 1.54) is 0 Å². The van der Waals surface area contributed by atoms with Crippen molar-refractivity contribution in [3.8, 4) is 0 Å². The Labute approximate surface area is 125 Å². The first kappa shape index (κ1) is 14.1. The van der Waals surface area contributed by atoms with Gasteiger partial charge in [-0.05, 0) is 29.3 Å². The Morgan fingerprint density at radius 3 is 2.68 bits per heavy atom. The van der Waals surface area contributed by atoms with Crippen LogP contribution in [0.5, 0.6) is 0 Å². The lowest BCUT2D eigenvalue weighted by molar-refractivity contribution is -0.115. The Balaban J connectivity index is 2.03. The highest BCUT2D eigenvalue weighted by Gasteiger charge is 2.06. The van der Waals surface area contributed by atoms with Crippen LogP contribution in [0.15, 0.2) is 53.0 Å². The maximum absolute atomic E-state index is 12.0. The zero-order chi connectivity index (χ0) is 13.7. The van der Waals surface area contributed by atoms with Crippen LogP contribution in [-0.2, 0) is 17.1 Å². The Kier molecular flexibility index (Phi) is 5.00. The molecule has 0 fully saturated rings. The van der Waals surface area contributed by atoms with Crippen LogP contribution in [-0.4, -0.2) is 5.91 Å². The monoisotopic (exact) mass is 337 g/mol. The lowest BCUT2D eigenvalue weighted by Gasteiger charge is -2.07. The van der Waals surface area contributed by atoms with E-state index >= 15 is 0 Å². The highest BCUT2D eigenvalue weighted by Crippen LogP contribution is 2.17. The molecule has 2 aromatic carbocycles. The van der Waals surface area contributed by atoms with Gasteiger partial charge in [0.15, 0.2) is 0 Å². The van der Waals surface area contributed by atoms with Gasteiger partial charge in [-0.2, -0.15) is 0 Å². The van der Waals surface area contributed by atoms with Crippen LogP contribution in [0, 0.1) is 0 Å². The Morgan fingerprint density at radius 2 is 1.95 bits per heavy atom. The molecule has 2 rings (SSSR count). The summed E-state index contributed by atoms with van der Waals surface area (Å²) in [6.45, 7) is 0. The summed E-state index contributed by atoms with van der Waals surface area (Å²) in [5, 5.41) is 2.87. The van der Waals surface area contributed by atoms with E-state index in [2.05, 4.69) is 21.2 Å². The molecule has 1 amide bonds. The van der Waals surface area contributed by atoms with Crippen LogP contribution < -0.4 is 5.32 Å². The number of alkyl halides is 1. The van der Waals surface area contributed by atoms with Crippen molar-refractivity contribution in [2.45, 2.75) is 12.3 Å². The molecule has 4 heteroatoms. The van der Waals surface area contributed by atoms with Crippen LogP contribution in [0.2, 0.25) is 0 Å². The molecule has 0 saturated carbocycles. The molecule has 0 spiro atoms. The molecule has 2 nitrogen and oxygen atoms in total. The summed E-state index contributed by atoms with van der Waals surface area (Å²) in [6, 6.07) is 15.2. The molecule has 0 aromatic heterocycles. The molecule has 0 unspecified atom stereocenters. The highest BCUT2D eigenvalue weighted by atomic mass is 79.9. The average Bonchev–Trinajstić information content (AvgIpc) is 2.41. The molecule has 0 aliphatic rings. The van der Waals surface area contributed by atoms with Gasteiger partial charge in [0.2, 0.25) is 5.91 Å². The molecule has 0 aliphatic carbocycles. The van der Waals surface area contributed by atoms with Gasteiger partial charge in [0.1, 0.15) is 0 Å². The number of halogens is 2. The molecule has 0 bridgehead atoms. The van der Waals surface area contributed by atoms with E-state index in [0.717, 1.165) is 21.3 Å². The third kappa shape index (κ3) is 4.08. The first-order valence-corrected chi connectivity index (χ1v) is 7.20. The van der Waals surface area contributed by atoms with E-state index < -0.39 is 0 Å². The molecule has 98 valence electrons. The van der Waals surface area contributed by atoms with Crippen LogP contribution in [0.4, 0.5) is 5.69 Å². The van der Waals surface area contributed by atoms with Gasteiger partial charge in [-0.25, -0.2) is 0 Å². The fourth-order valence-corrected chi connectivity index (χ4v) is 2.34. The van der Waals surface area contributed by atoms with Crippen molar-refractivity contribution in [1.82, 2.24) is 0 Å². The molecule has 0 heterocycles. The number of rotatable bonds is 4. The number of carbonyl (C=O) groups is 1. The molecular weight excluding hydrogens is 326 g/mol. The zero-order valence-corrected chi connectivity index (χ0v) is 12.5. The molecule has 0 aliphatic heterocycles. The fraction of sp³-hybridized carbons (Fsp3) is 0.133. The third-order valence-corrected chi connectivity index (χ3v) is 3.76. The molecule has 0 atom stereocenters. The Hall–Kier alpha value is -1.32. The topological polar surface area (TPSA) is 29.1 Å². The van der Waals surface area contributed by atoms with Crippen molar-refractivity contribution in [1.29, 1.82) is 0 Å². The Morgan fingerprint density at radius 1 is 1.16 bits per heavy atom. The Bertz CT molecular complexity index is 586. The molecule has 2 aromatic rings. The van der Waals surface area contributed by atoms with Crippen molar-refractivity contribution in [3.63, 3.8) is 0 Å². The van der Waals surface area contributed by atoms with E-state index in [1.54, 1.807) is 0 Å². The van der Waals surface area contributed by atoms with Gasteiger partial charge in [0.25, 0.3) is 0 Å². The van der Waals surface area contributed by atoms with Gasteiger partial charge in [0, 0.05) is 16.0 Å². The van der Waals surface area contributed by atoms with Crippen molar-refractivity contribution in [3.05, 3.63) is 64.1 Å². The largest absolute Gasteiger partial charge is 0.326 e. The summed E-state index contributed by atoms with van der Waals surface area (Å²) in [5.41, 5.74) is 2.73. The second kappa shape index (κ2) is 6.73. The maximum atomic E-state index is 12.0. The molecule has 0 saturated heterocycles. The van der Waals surface area contributed by atoms with E-state index in [4.69, 9.17) is 11.6 Å². The summed E-state index contributed by atoms with van der Waals surface area (Å²) in [6.07, 6.45) is 0.340. The van der Waals surface area contributed by atoms with Crippen molar-refractivity contribution >= 4 is 39.1 Å². The smallest absolute Gasteiger partial charge is 0.228 e. The van der Waals surface area contributed by atoms with Crippen molar-refractivity contribution < 1.29 is 4.79 Å². The molecular formula is C15H13BrClNO. The van der Waals surface area contributed by atoms with E-state index in [-0.39, 0.29) is 5.91 Å². The van der Waals surface area contributed by atoms with Gasteiger partial charge in [0.05, 0.1) is 6.42 Å². The first-order valence-electron chi connectivity index (χ1n) is 5.87. The number of carbonyl (C=O) groups excluding carboxylic acids is 1. The number of nitrogens with one attached hydrogen (secondary N) is 1. The number of benzene rings is 2. The minimum absolute atomic E-state index is 0.0429. The quantitative estimate of drug-likeness (QED) is 0.824. The standard InChI is InChI=1S/C15H13BrClNO/c16-14-7-2-1-5-12(14)9-15(19)18-13-6-3-4-11(8-13)10-17/h1-8H,9-10H2,(H,18,19). The number of hydrogen-bond acceptors (Lipinski definition) is 1.